The van der Waals surface area contributed by atoms with Crippen molar-refractivity contribution in [2.24, 2.45) is 0 Å². The summed E-state index contributed by atoms with van der Waals surface area (Å²) in [7, 11) is -3.48. The van der Waals surface area contributed by atoms with Gasteiger partial charge in [-0.2, -0.15) is 11.8 Å². The average Bonchev–Trinajstić information content (AvgIpc) is 2.64. The van der Waals surface area contributed by atoms with E-state index in [0.717, 1.165) is 12.0 Å². The van der Waals surface area contributed by atoms with Crippen LogP contribution in [0.25, 0.3) is 0 Å². The Bertz CT molecular complexity index is 732. The lowest BCUT2D eigenvalue weighted by Gasteiger charge is -2.33. The predicted molar refractivity (Wildman–Crippen MR) is 105 cm³/mol. The van der Waals surface area contributed by atoms with E-state index in [1.165, 1.54) is 36.4 Å². The standard InChI is InChI=1S/C18H26N2O4S2/c1-26(22,23)20-13-17(24-16-10-6-5-9-15(16)20)18(21)19-11-12-25-14-7-3-2-4-8-14/h5-6,9-10,14,17H,2-4,7-8,11-13H2,1H3,(H,19,21)/t17-/m0/s1. The van der Waals surface area contributed by atoms with Crippen LogP contribution in [0.4, 0.5) is 5.69 Å². The van der Waals surface area contributed by atoms with E-state index in [0.29, 0.717) is 23.2 Å². The number of anilines is 1. The van der Waals surface area contributed by atoms with Crippen LogP contribution in [0.5, 0.6) is 5.75 Å². The summed E-state index contributed by atoms with van der Waals surface area (Å²) in [4.78, 5) is 12.5. The average molecular weight is 399 g/mol. The van der Waals surface area contributed by atoms with Crippen molar-refractivity contribution in [1.82, 2.24) is 5.32 Å². The molecule has 1 amide bonds. The van der Waals surface area contributed by atoms with E-state index in [2.05, 4.69) is 5.32 Å². The van der Waals surface area contributed by atoms with Gasteiger partial charge in [0, 0.05) is 17.5 Å². The molecular weight excluding hydrogens is 372 g/mol. The van der Waals surface area contributed by atoms with Crippen molar-refractivity contribution < 1.29 is 17.9 Å². The summed E-state index contributed by atoms with van der Waals surface area (Å²) >= 11 is 1.92. The maximum atomic E-state index is 12.5. The molecule has 1 heterocycles. The van der Waals surface area contributed by atoms with Gasteiger partial charge in [-0.15, -0.1) is 0 Å². The van der Waals surface area contributed by atoms with E-state index < -0.39 is 16.1 Å². The molecule has 1 fully saturated rings. The number of thioether (sulfide) groups is 1. The molecule has 1 aromatic carbocycles. The molecule has 0 bridgehead atoms. The number of fused-ring (bicyclic) bond motifs is 1. The van der Waals surface area contributed by atoms with Crippen molar-refractivity contribution in [3.8, 4) is 5.75 Å². The molecule has 1 saturated carbocycles. The number of sulfonamides is 1. The number of hydrogen-bond acceptors (Lipinski definition) is 5. The van der Waals surface area contributed by atoms with Crippen LogP contribution in [0.2, 0.25) is 0 Å². The fourth-order valence-corrected chi connectivity index (χ4v) is 5.53. The van der Waals surface area contributed by atoms with Crippen molar-refractivity contribution in [2.75, 3.05) is 29.4 Å². The Balaban J connectivity index is 1.54. The molecule has 8 heteroatoms. The molecule has 1 atom stereocenters. The van der Waals surface area contributed by atoms with Gasteiger partial charge in [-0.05, 0) is 25.0 Å². The van der Waals surface area contributed by atoms with Crippen LogP contribution in [0.1, 0.15) is 32.1 Å². The highest BCUT2D eigenvalue weighted by molar-refractivity contribution is 7.99. The van der Waals surface area contributed by atoms with Gasteiger partial charge in [0.25, 0.3) is 5.91 Å². The SMILES string of the molecule is CS(=O)(=O)N1C[C@@H](C(=O)NCCSC2CCCCC2)Oc2ccccc21. The second-order valence-electron chi connectivity index (χ2n) is 6.79. The molecule has 1 N–H and O–H groups in total. The normalized spacial score (nSPS) is 21.0. The number of benzene rings is 1. The number of hydrogen-bond donors (Lipinski definition) is 1. The Morgan fingerprint density at radius 2 is 2.00 bits per heavy atom. The van der Waals surface area contributed by atoms with Crippen LogP contribution >= 0.6 is 11.8 Å². The van der Waals surface area contributed by atoms with Gasteiger partial charge in [0.15, 0.2) is 6.10 Å². The topological polar surface area (TPSA) is 75.7 Å². The molecule has 0 radical (unpaired) electrons. The van der Waals surface area contributed by atoms with Gasteiger partial charge in [0.1, 0.15) is 5.75 Å². The monoisotopic (exact) mass is 398 g/mol. The van der Waals surface area contributed by atoms with Gasteiger partial charge < -0.3 is 10.1 Å². The Kier molecular flexibility index (Phi) is 6.34. The van der Waals surface area contributed by atoms with Gasteiger partial charge in [0.2, 0.25) is 10.0 Å². The van der Waals surface area contributed by atoms with E-state index in [-0.39, 0.29) is 12.5 Å². The third-order valence-electron chi connectivity index (χ3n) is 4.73. The van der Waals surface area contributed by atoms with E-state index in [9.17, 15) is 13.2 Å². The Morgan fingerprint density at radius 3 is 2.73 bits per heavy atom. The van der Waals surface area contributed by atoms with Gasteiger partial charge in [-0.1, -0.05) is 31.4 Å². The van der Waals surface area contributed by atoms with Crippen molar-refractivity contribution in [3.63, 3.8) is 0 Å². The molecule has 1 aliphatic heterocycles. The van der Waals surface area contributed by atoms with E-state index in [1.54, 1.807) is 24.3 Å². The third kappa shape index (κ3) is 4.85. The van der Waals surface area contributed by atoms with Crippen LogP contribution in [0.15, 0.2) is 24.3 Å². The minimum atomic E-state index is -3.48. The molecule has 6 nitrogen and oxygen atoms in total. The minimum Gasteiger partial charge on any atom is -0.476 e. The molecule has 26 heavy (non-hydrogen) atoms. The highest BCUT2D eigenvalue weighted by Gasteiger charge is 2.34. The van der Waals surface area contributed by atoms with Crippen molar-refractivity contribution in [1.29, 1.82) is 0 Å². The molecule has 0 aromatic heterocycles. The van der Waals surface area contributed by atoms with Crippen molar-refractivity contribution in [3.05, 3.63) is 24.3 Å². The zero-order valence-electron chi connectivity index (χ0n) is 15.0. The van der Waals surface area contributed by atoms with Gasteiger partial charge in [0.05, 0.1) is 18.5 Å². The number of carbonyl (C=O) groups excluding carboxylic acids is 1. The summed E-state index contributed by atoms with van der Waals surface area (Å²) in [5, 5.41) is 3.60. The molecule has 1 aliphatic carbocycles. The minimum absolute atomic E-state index is 0.00253. The molecule has 3 rings (SSSR count). The number of para-hydroxylation sites is 2. The van der Waals surface area contributed by atoms with Crippen LogP contribution < -0.4 is 14.4 Å². The first kappa shape index (κ1) is 19.4. The molecule has 1 aromatic rings. The fraction of sp³-hybridized carbons (Fsp3) is 0.611. The van der Waals surface area contributed by atoms with Crippen molar-refractivity contribution in [2.45, 2.75) is 43.5 Å². The molecule has 0 saturated heterocycles. The van der Waals surface area contributed by atoms with E-state index in [4.69, 9.17) is 4.74 Å². The molecule has 2 aliphatic rings. The van der Waals surface area contributed by atoms with Crippen LogP contribution in [0.3, 0.4) is 0 Å². The lowest BCUT2D eigenvalue weighted by molar-refractivity contribution is -0.127. The number of ether oxygens (including phenoxy) is 1. The Labute approximate surface area is 159 Å². The lowest BCUT2D eigenvalue weighted by atomic mass is 10.0. The maximum Gasteiger partial charge on any atom is 0.263 e. The van der Waals surface area contributed by atoms with Gasteiger partial charge in [-0.25, -0.2) is 8.42 Å². The first-order chi connectivity index (χ1) is 12.4. The summed E-state index contributed by atoms with van der Waals surface area (Å²) < 4.78 is 31.2. The summed E-state index contributed by atoms with van der Waals surface area (Å²) in [5.41, 5.74) is 0.479. The summed E-state index contributed by atoms with van der Waals surface area (Å²) in [6, 6.07) is 6.89. The first-order valence-corrected chi connectivity index (χ1v) is 12.0. The predicted octanol–water partition coefficient (Wildman–Crippen LogP) is 2.40. The fourth-order valence-electron chi connectivity index (χ4n) is 3.40. The Morgan fingerprint density at radius 1 is 1.27 bits per heavy atom. The van der Waals surface area contributed by atoms with E-state index in [1.807, 2.05) is 11.8 Å². The second kappa shape index (κ2) is 8.52. The lowest BCUT2D eigenvalue weighted by Crippen LogP contribution is -2.50. The van der Waals surface area contributed by atoms with Crippen LogP contribution in [0, 0.1) is 0 Å². The molecular formula is C18H26N2O4S2. The quantitative estimate of drug-likeness (QED) is 0.745. The number of carbonyl (C=O) groups is 1. The second-order valence-corrected chi connectivity index (χ2v) is 10.1. The zero-order chi connectivity index (χ0) is 18.6. The first-order valence-electron chi connectivity index (χ1n) is 9.08. The van der Waals surface area contributed by atoms with E-state index >= 15 is 0 Å². The number of nitrogens with zero attached hydrogens (tertiary/aromatic N) is 1. The van der Waals surface area contributed by atoms with Crippen molar-refractivity contribution >= 4 is 33.4 Å². The third-order valence-corrected chi connectivity index (χ3v) is 7.26. The molecule has 144 valence electrons. The summed E-state index contributed by atoms with van der Waals surface area (Å²) in [6.07, 6.45) is 6.80. The Hall–Kier alpha value is -1.41. The highest BCUT2D eigenvalue weighted by Crippen LogP contribution is 2.34. The largest absolute Gasteiger partial charge is 0.476 e. The number of nitrogens with one attached hydrogen (secondary N) is 1. The zero-order valence-corrected chi connectivity index (χ0v) is 16.7. The molecule has 0 spiro atoms. The van der Waals surface area contributed by atoms with Crippen LogP contribution in [-0.2, 0) is 14.8 Å². The number of rotatable bonds is 6. The van der Waals surface area contributed by atoms with Gasteiger partial charge in [-0.3, -0.25) is 9.10 Å². The summed E-state index contributed by atoms with van der Waals surface area (Å²) in [6.45, 7) is 0.567. The van der Waals surface area contributed by atoms with Crippen LogP contribution in [-0.4, -0.2) is 50.8 Å². The summed E-state index contributed by atoms with van der Waals surface area (Å²) in [5.74, 6) is 1.02. The number of amides is 1. The smallest absolute Gasteiger partial charge is 0.263 e. The molecule has 0 unspecified atom stereocenters. The maximum absolute atomic E-state index is 12.5. The highest BCUT2D eigenvalue weighted by atomic mass is 32.2. The van der Waals surface area contributed by atoms with Gasteiger partial charge >= 0.3 is 0 Å².